The molecule has 1 aromatic carbocycles. The van der Waals surface area contributed by atoms with Gasteiger partial charge in [0, 0.05) is 57.9 Å². The van der Waals surface area contributed by atoms with Gasteiger partial charge in [0.15, 0.2) is 0 Å². The molecule has 6 nitrogen and oxygen atoms in total. The molecule has 0 spiro atoms. The molecule has 2 heterocycles. The highest BCUT2D eigenvalue weighted by Gasteiger charge is 2.29. The number of hydrogen-bond donors (Lipinski definition) is 0. The highest BCUT2D eigenvalue weighted by Crippen LogP contribution is 2.21. The van der Waals surface area contributed by atoms with Crippen molar-refractivity contribution in [3.05, 3.63) is 59.9 Å². The second kappa shape index (κ2) is 8.16. The molecule has 1 fully saturated rings. The van der Waals surface area contributed by atoms with Crippen molar-refractivity contribution in [2.45, 2.75) is 19.9 Å². The third-order valence-corrected chi connectivity index (χ3v) is 6.69. The highest BCUT2D eigenvalue weighted by molar-refractivity contribution is 7.86. The Kier molecular flexibility index (Phi) is 5.90. The van der Waals surface area contributed by atoms with Gasteiger partial charge in [-0.15, -0.1) is 0 Å². The van der Waals surface area contributed by atoms with Gasteiger partial charge in [0.1, 0.15) is 0 Å². The first-order valence-corrected chi connectivity index (χ1v) is 10.3. The predicted octanol–water partition coefficient (Wildman–Crippen LogP) is 2.28. The van der Waals surface area contributed by atoms with Crippen LogP contribution in [0, 0.1) is 6.92 Å². The van der Waals surface area contributed by atoms with Crippen molar-refractivity contribution in [2.75, 3.05) is 38.1 Å². The molecule has 2 aromatic rings. The zero-order valence-corrected chi connectivity index (χ0v) is 16.2. The van der Waals surface area contributed by atoms with Crippen LogP contribution in [0.4, 0.5) is 5.69 Å². The maximum absolute atomic E-state index is 13.0. The quantitative estimate of drug-likeness (QED) is 0.806. The maximum Gasteiger partial charge on any atom is 0.282 e. The molecule has 0 atom stereocenters. The average Bonchev–Trinajstić information content (AvgIpc) is 2.89. The second-order valence-electron chi connectivity index (χ2n) is 6.65. The summed E-state index contributed by atoms with van der Waals surface area (Å²) < 4.78 is 29.0. The normalized spacial score (nSPS) is 16.7. The molecule has 1 aromatic heterocycles. The third-order valence-electron chi connectivity index (χ3n) is 4.75. The van der Waals surface area contributed by atoms with Gasteiger partial charge in [0.05, 0.1) is 0 Å². The SMILES string of the molecule is Cc1cnccc1N1CCCN(S(=O)(=O)N(C)Cc2ccccc2)CC1. The van der Waals surface area contributed by atoms with Crippen LogP contribution in [0.1, 0.15) is 17.5 Å². The molecule has 26 heavy (non-hydrogen) atoms. The van der Waals surface area contributed by atoms with E-state index in [2.05, 4.69) is 9.88 Å². The summed E-state index contributed by atoms with van der Waals surface area (Å²) in [5.74, 6) is 0. The van der Waals surface area contributed by atoms with E-state index in [1.54, 1.807) is 17.5 Å². The minimum absolute atomic E-state index is 0.382. The summed E-state index contributed by atoms with van der Waals surface area (Å²) in [6, 6.07) is 11.7. The second-order valence-corrected chi connectivity index (χ2v) is 8.69. The first-order chi connectivity index (χ1) is 12.5. The lowest BCUT2D eigenvalue weighted by molar-refractivity contribution is 0.368. The number of aromatic nitrogens is 1. The number of rotatable bonds is 5. The smallest absolute Gasteiger partial charge is 0.282 e. The lowest BCUT2D eigenvalue weighted by atomic mass is 10.2. The fourth-order valence-corrected chi connectivity index (χ4v) is 4.68. The summed E-state index contributed by atoms with van der Waals surface area (Å²) >= 11 is 0. The summed E-state index contributed by atoms with van der Waals surface area (Å²) in [5, 5.41) is 0. The number of anilines is 1. The number of pyridine rings is 1. The summed E-state index contributed by atoms with van der Waals surface area (Å²) in [7, 11) is -1.82. The average molecular weight is 375 g/mol. The van der Waals surface area contributed by atoms with E-state index in [9.17, 15) is 8.42 Å². The summed E-state index contributed by atoms with van der Waals surface area (Å²) in [6.45, 7) is 4.98. The topological polar surface area (TPSA) is 56.8 Å². The van der Waals surface area contributed by atoms with Gasteiger partial charge in [-0.2, -0.15) is 17.0 Å². The molecule has 0 bridgehead atoms. The first-order valence-electron chi connectivity index (χ1n) is 8.89. The first kappa shape index (κ1) is 18.8. The molecule has 1 aliphatic heterocycles. The van der Waals surface area contributed by atoms with Crippen molar-refractivity contribution in [1.29, 1.82) is 0 Å². The molecule has 1 aliphatic rings. The lowest BCUT2D eigenvalue weighted by Gasteiger charge is -2.27. The van der Waals surface area contributed by atoms with E-state index >= 15 is 0 Å². The number of hydrogen-bond acceptors (Lipinski definition) is 4. The van der Waals surface area contributed by atoms with Gasteiger partial charge in [-0.1, -0.05) is 30.3 Å². The van der Waals surface area contributed by atoms with Crippen LogP contribution in [0.2, 0.25) is 0 Å². The van der Waals surface area contributed by atoms with E-state index in [1.165, 1.54) is 4.31 Å². The van der Waals surface area contributed by atoms with Gasteiger partial charge >= 0.3 is 0 Å². The minimum Gasteiger partial charge on any atom is -0.370 e. The lowest BCUT2D eigenvalue weighted by Crippen LogP contribution is -2.43. The molecule has 0 saturated carbocycles. The van der Waals surface area contributed by atoms with E-state index in [0.29, 0.717) is 26.2 Å². The van der Waals surface area contributed by atoms with Crippen LogP contribution in [0.25, 0.3) is 0 Å². The van der Waals surface area contributed by atoms with Crippen LogP contribution in [-0.4, -0.2) is 55.2 Å². The highest BCUT2D eigenvalue weighted by atomic mass is 32.2. The Balaban J connectivity index is 1.68. The van der Waals surface area contributed by atoms with Crippen molar-refractivity contribution in [2.24, 2.45) is 0 Å². The summed E-state index contributed by atoms with van der Waals surface area (Å²) in [4.78, 5) is 6.39. The molecule has 0 aliphatic carbocycles. The fraction of sp³-hybridized carbons (Fsp3) is 0.421. The van der Waals surface area contributed by atoms with Gasteiger partial charge in [-0.3, -0.25) is 4.98 Å². The Bertz CT molecular complexity index is 826. The molecular formula is C19H26N4O2S. The summed E-state index contributed by atoms with van der Waals surface area (Å²) in [6.07, 6.45) is 4.44. The van der Waals surface area contributed by atoms with Crippen LogP contribution >= 0.6 is 0 Å². The predicted molar refractivity (Wildman–Crippen MR) is 104 cm³/mol. The van der Waals surface area contributed by atoms with Gasteiger partial charge in [-0.25, -0.2) is 0 Å². The third kappa shape index (κ3) is 4.23. The van der Waals surface area contributed by atoms with Crippen molar-refractivity contribution < 1.29 is 8.42 Å². The molecule has 0 N–H and O–H groups in total. The van der Waals surface area contributed by atoms with E-state index < -0.39 is 10.2 Å². The van der Waals surface area contributed by atoms with Crippen molar-refractivity contribution in [3.63, 3.8) is 0 Å². The zero-order valence-electron chi connectivity index (χ0n) is 15.4. The van der Waals surface area contributed by atoms with Crippen LogP contribution in [-0.2, 0) is 16.8 Å². The molecular weight excluding hydrogens is 348 g/mol. The van der Waals surface area contributed by atoms with E-state index in [4.69, 9.17) is 0 Å². The van der Waals surface area contributed by atoms with Gasteiger partial charge in [0.2, 0.25) is 0 Å². The van der Waals surface area contributed by atoms with Crippen molar-refractivity contribution >= 4 is 15.9 Å². The number of nitrogens with zero attached hydrogens (tertiary/aromatic N) is 4. The largest absolute Gasteiger partial charge is 0.370 e. The van der Waals surface area contributed by atoms with Crippen molar-refractivity contribution in [3.8, 4) is 0 Å². The maximum atomic E-state index is 13.0. The summed E-state index contributed by atoms with van der Waals surface area (Å²) in [5.41, 5.74) is 3.24. The van der Waals surface area contributed by atoms with E-state index in [1.807, 2.05) is 49.5 Å². The van der Waals surface area contributed by atoms with Gasteiger partial charge < -0.3 is 4.90 Å². The fourth-order valence-electron chi connectivity index (χ4n) is 3.31. The number of aryl methyl sites for hydroxylation is 1. The number of benzene rings is 1. The Hall–Kier alpha value is -1.96. The van der Waals surface area contributed by atoms with Gasteiger partial charge in [-0.05, 0) is 30.5 Å². The molecule has 1 saturated heterocycles. The molecule has 7 heteroatoms. The van der Waals surface area contributed by atoms with Crippen LogP contribution in [0.3, 0.4) is 0 Å². The van der Waals surface area contributed by atoms with E-state index in [-0.39, 0.29) is 0 Å². The molecule has 140 valence electrons. The Morgan fingerprint density at radius 2 is 1.85 bits per heavy atom. The minimum atomic E-state index is -3.47. The zero-order chi connectivity index (χ0) is 18.6. The molecule has 0 unspecified atom stereocenters. The standard InChI is InChI=1S/C19H26N4O2S/c1-17-15-20-10-9-19(17)22-11-6-12-23(14-13-22)26(24,25)21(2)16-18-7-4-3-5-8-18/h3-5,7-10,15H,6,11-14,16H2,1-2H3. The monoisotopic (exact) mass is 374 g/mol. The Labute approximate surface area is 156 Å². The van der Waals surface area contributed by atoms with Crippen LogP contribution in [0.15, 0.2) is 48.8 Å². The van der Waals surface area contributed by atoms with Crippen LogP contribution < -0.4 is 4.90 Å². The van der Waals surface area contributed by atoms with Crippen molar-refractivity contribution in [1.82, 2.24) is 13.6 Å². The van der Waals surface area contributed by atoms with E-state index in [0.717, 1.165) is 29.8 Å². The Morgan fingerprint density at radius 3 is 2.58 bits per heavy atom. The van der Waals surface area contributed by atoms with Gasteiger partial charge in [0.25, 0.3) is 10.2 Å². The van der Waals surface area contributed by atoms with Crippen LogP contribution in [0.5, 0.6) is 0 Å². The molecule has 3 rings (SSSR count). The Morgan fingerprint density at radius 1 is 1.08 bits per heavy atom. The molecule has 0 amide bonds. The molecule has 0 radical (unpaired) electrons.